The molecule has 2 unspecified atom stereocenters. The summed E-state index contributed by atoms with van der Waals surface area (Å²) >= 11 is 0. The Bertz CT molecular complexity index is 457. The van der Waals surface area contributed by atoms with Crippen molar-refractivity contribution in [3.05, 3.63) is 36.5 Å². The van der Waals surface area contributed by atoms with Crippen LogP contribution < -0.4 is 5.32 Å². The van der Waals surface area contributed by atoms with Gasteiger partial charge in [-0.3, -0.25) is 4.79 Å². The first-order valence-corrected chi connectivity index (χ1v) is 11.7. The van der Waals surface area contributed by atoms with Gasteiger partial charge < -0.3 is 15.5 Å². The van der Waals surface area contributed by atoms with E-state index >= 15 is 0 Å². The van der Waals surface area contributed by atoms with Crippen LogP contribution in [0.3, 0.4) is 0 Å². The zero-order valence-electron chi connectivity index (χ0n) is 18.8. The summed E-state index contributed by atoms with van der Waals surface area (Å²) in [7, 11) is 0. The summed E-state index contributed by atoms with van der Waals surface area (Å²) in [6.45, 7) is 3.73. The summed E-state index contributed by atoms with van der Waals surface area (Å²) in [5.41, 5.74) is 0. The summed E-state index contributed by atoms with van der Waals surface area (Å²) in [4.78, 5) is 11.3. The molecule has 29 heavy (non-hydrogen) atoms. The number of allylic oxidation sites excluding steroid dienone is 5. The Hall–Kier alpha value is -1.39. The van der Waals surface area contributed by atoms with Crippen LogP contribution in [-0.2, 0) is 4.79 Å². The second-order valence-corrected chi connectivity index (χ2v) is 7.64. The second-order valence-electron chi connectivity index (χ2n) is 7.64. The molecule has 0 saturated heterocycles. The number of carbonyl (C=O) groups excluding carboxylic acids is 1. The van der Waals surface area contributed by atoms with Crippen molar-refractivity contribution in [1.82, 2.24) is 5.32 Å². The van der Waals surface area contributed by atoms with Crippen LogP contribution >= 0.6 is 0 Å². The van der Waals surface area contributed by atoms with Gasteiger partial charge in [-0.25, -0.2) is 0 Å². The lowest BCUT2D eigenvalue weighted by atomic mass is 10.1. The van der Waals surface area contributed by atoms with Crippen molar-refractivity contribution in [3.8, 4) is 0 Å². The Labute approximate surface area is 179 Å². The van der Waals surface area contributed by atoms with Crippen molar-refractivity contribution < 1.29 is 15.0 Å². The average molecular weight is 408 g/mol. The average Bonchev–Trinajstić information content (AvgIpc) is 2.73. The van der Waals surface area contributed by atoms with E-state index in [1.807, 2.05) is 6.08 Å². The normalized spacial score (nSPS) is 14.2. The predicted octanol–water partition coefficient (Wildman–Crippen LogP) is 5.60. The van der Waals surface area contributed by atoms with Crippen LogP contribution in [0.5, 0.6) is 0 Å². The Morgan fingerprint density at radius 3 is 1.86 bits per heavy atom. The van der Waals surface area contributed by atoms with Gasteiger partial charge in [0, 0.05) is 6.42 Å². The molecule has 4 heteroatoms. The first kappa shape index (κ1) is 27.6. The number of amides is 1. The van der Waals surface area contributed by atoms with E-state index < -0.39 is 12.1 Å². The number of nitrogens with one attached hydrogen (secondary N) is 1. The molecular formula is C25H45NO3. The molecule has 3 N–H and O–H groups in total. The molecule has 0 aliphatic heterocycles. The van der Waals surface area contributed by atoms with Gasteiger partial charge in [0.05, 0.1) is 18.8 Å². The molecule has 0 bridgehead atoms. The lowest BCUT2D eigenvalue weighted by molar-refractivity contribution is -0.122. The quantitative estimate of drug-likeness (QED) is 0.193. The Balaban J connectivity index is 3.63. The smallest absolute Gasteiger partial charge is 0.220 e. The molecule has 0 heterocycles. The highest BCUT2D eigenvalue weighted by molar-refractivity contribution is 5.75. The van der Waals surface area contributed by atoms with Gasteiger partial charge in [0.15, 0.2) is 0 Å². The maximum atomic E-state index is 11.3. The van der Waals surface area contributed by atoms with Crippen molar-refractivity contribution in [2.45, 2.75) is 109 Å². The van der Waals surface area contributed by atoms with Crippen LogP contribution in [0, 0.1) is 0 Å². The van der Waals surface area contributed by atoms with Crippen LogP contribution in [0.25, 0.3) is 0 Å². The van der Waals surface area contributed by atoms with Gasteiger partial charge in [0.25, 0.3) is 0 Å². The molecule has 168 valence electrons. The fourth-order valence-corrected chi connectivity index (χ4v) is 2.99. The van der Waals surface area contributed by atoms with Gasteiger partial charge in [-0.2, -0.15) is 0 Å². The van der Waals surface area contributed by atoms with Gasteiger partial charge in [0.2, 0.25) is 5.91 Å². The fourth-order valence-electron chi connectivity index (χ4n) is 2.99. The number of aliphatic hydroxyl groups excluding tert-OH is 2. The summed E-state index contributed by atoms with van der Waals surface area (Å²) < 4.78 is 0. The molecule has 0 radical (unpaired) electrons. The molecule has 0 aromatic rings. The fraction of sp³-hybridized carbons (Fsp3) is 0.720. The molecule has 0 aromatic carbocycles. The predicted molar refractivity (Wildman–Crippen MR) is 124 cm³/mol. The molecule has 1 amide bonds. The highest BCUT2D eigenvalue weighted by atomic mass is 16.3. The van der Waals surface area contributed by atoms with Gasteiger partial charge in [0.1, 0.15) is 0 Å². The third-order valence-corrected chi connectivity index (χ3v) is 4.92. The van der Waals surface area contributed by atoms with E-state index in [2.05, 4.69) is 36.5 Å². The SMILES string of the molecule is CCCCCCCCC/C=C/CC/C=C/CC/C=C/C(O)C(CO)NC(=O)CC. The first-order valence-electron chi connectivity index (χ1n) is 11.7. The van der Waals surface area contributed by atoms with E-state index in [0.29, 0.717) is 6.42 Å². The molecule has 0 spiro atoms. The van der Waals surface area contributed by atoms with Crippen molar-refractivity contribution in [2.24, 2.45) is 0 Å². The number of hydrogen-bond acceptors (Lipinski definition) is 3. The number of carbonyl (C=O) groups is 1. The maximum Gasteiger partial charge on any atom is 0.220 e. The third kappa shape index (κ3) is 18.4. The molecule has 0 aliphatic carbocycles. The molecular weight excluding hydrogens is 362 g/mol. The first-order chi connectivity index (χ1) is 14.2. The number of unbranched alkanes of at least 4 members (excludes halogenated alkanes) is 9. The van der Waals surface area contributed by atoms with E-state index in [-0.39, 0.29) is 12.5 Å². The van der Waals surface area contributed by atoms with E-state index in [4.69, 9.17) is 0 Å². The van der Waals surface area contributed by atoms with Gasteiger partial charge in [-0.1, -0.05) is 88.8 Å². The standard InChI is InChI=1S/C25H45NO3/c1-3-5-6-7-8-9-10-11-12-13-14-15-16-17-18-19-20-21-24(28)23(22-27)26-25(29)4-2/h12-13,16-17,20-21,23-24,27-28H,3-11,14-15,18-19,22H2,1-2H3,(H,26,29)/b13-12+,17-16+,21-20+. The van der Waals surface area contributed by atoms with Crippen LogP contribution in [-0.4, -0.2) is 34.9 Å². The molecule has 0 saturated carbocycles. The minimum Gasteiger partial charge on any atom is -0.394 e. The van der Waals surface area contributed by atoms with Gasteiger partial charge in [-0.15, -0.1) is 0 Å². The topological polar surface area (TPSA) is 69.6 Å². The molecule has 0 rings (SSSR count). The van der Waals surface area contributed by atoms with Crippen molar-refractivity contribution >= 4 is 5.91 Å². The van der Waals surface area contributed by atoms with E-state index in [9.17, 15) is 15.0 Å². The molecule has 0 aliphatic rings. The Morgan fingerprint density at radius 2 is 1.31 bits per heavy atom. The number of aliphatic hydroxyl groups is 2. The molecule has 0 fully saturated rings. The largest absolute Gasteiger partial charge is 0.394 e. The maximum absolute atomic E-state index is 11.3. The summed E-state index contributed by atoms with van der Waals surface area (Å²) in [6.07, 6.45) is 26.7. The van der Waals surface area contributed by atoms with E-state index in [1.54, 1.807) is 13.0 Å². The highest BCUT2D eigenvalue weighted by Gasteiger charge is 2.16. The molecule has 4 nitrogen and oxygen atoms in total. The lowest BCUT2D eigenvalue weighted by Gasteiger charge is -2.19. The highest BCUT2D eigenvalue weighted by Crippen LogP contribution is 2.09. The van der Waals surface area contributed by atoms with E-state index in [0.717, 1.165) is 25.7 Å². The Morgan fingerprint density at radius 1 is 0.793 bits per heavy atom. The zero-order chi connectivity index (χ0) is 21.6. The third-order valence-electron chi connectivity index (χ3n) is 4.92. The van der Waals surface area contributed by atoms with Crippen molar-refractivity contribution in [3.63, 3.8) is 0 Å². The zero-order valence-corrected chi connectivity index (χ0v) is 18.8. The van der Waals surface area contributed by atoms with Crippen molar-refractivity contribution in [1.29, 1.82) is 0 Å². The van der Waals surface area contributed by atoms with Crippen LogP contribution in [0.2, 0.25) is 0 Å². The van der Waals surface area contributed by atoms with Gasteiger partial charge >= 0.3 is 0 Å². The van der Waals surface area contributed by atoms with Crippen molar-refractivity contribution in [2.75, 3.05) is 6.61 Å². The number of hydrogen-bond donors (Lipinski definition) is 3. The van der Waals surface area contributed by atoms with E-state index in [1.165, 1.54) is 51.4 Å². The van der Waals surface area contributed by atoms with Gasteiger partial charge in [-0.05, 0) is 38.5 Å². The summed E-state index contributed by atoms with van der Waals surface area (Å²) in [6, 6.07) is -0.637. The minimum atomic E-state index is -0.860. The minimum absolute atomic E-state index is 0.170. The lowest BCUT2D eigenvalue weighted by Crippen LogP contribution is -2.44. The Kier molecular flexibility index (Phi) is 20.3. The van der Waals surface area contributed by atoms with Crippen LogP contribution in [0.15, 0.2) is 36.5 Å². The molecule has 2 atom stereocenters. The monoisotopic (exact) mass is 407 g/mol. The van der Waals surface area contributed by atoms with Crippen LogP contribution in [0.4, 0.5) is 0 Å². The number of rotatable bonds is 19. The summed E-state index contributed by atoms with van der Waals surface area (Å²) in [5, 5.41) is 21.9. The molecule has 0 aromatic heterocycles. The summed E-state index contributed by atoms with van der Waals surface area (Å²) in [5.74, 6) is -0.170. The van der Waals surface area contributed by atoms with Crippen LogP contribution in [0.1, 0.15) is 97.3 Å². The second kappa shape index (κ2) is 21.3.